The van der Waals surface area contributed by atoms with Crippen molar-refractivity contribution >= 4 is 0 Å². The van der Waals surface area contributed by atoms with E-state index in [4.69, 9.17) is 4.74 Å². The molecule has 2 nitrogen and oxygen atoms in total. The molecule has 2 heteroatoms. The van der Waals surface area contributed by atoms with Gasteiger partial charge in [0.05, 0.1) is 12.7 Å². The summed E-state index contributed by atoms with van der Waals surface area (Å²) in [5, 5.41) is 3.34. The van der Waals surface area contributed by atoms with E-state index in [-0.39, 0.29) is 0 Å². The maximum Gasteiger partial charge on any atom is 0.0625 e. The normalized spacial score (nSPS) is 33.0. The van der Waals surface area contributed by atoms with Crippen LogP contribution in [0.2, 0.25) is 0 Å². The van der Waals surface area contributed by atoms with Gasteiger partial charge in [-0.2, -0.15) is 0 Å². The van der Waals surface area contributed by atoms with Gasteiger partial charge >= 0.3 is 0 Å². The molecule has 0 spiro atoms. The predicted octanol–water partition coefficient (Wildman–Crippen LogP) is 3.07. The Hall–Kier alpha value is -0.0800. The van der Waals surface area contributed by atoms with Gasteiger partial charge in [0.25, 0.3) is 0 Å². The molecule has 0 aromatic rings. The van der Waals surface area contributed by atoms with Crippen LogP contribution in [-0.2, 0) is 4.74 Å². The molecule has 0 amide bonds. The minimum atomic E-state index is 0.495. The highest BCUT2D eigenvalue weighted by Crippen LogP contribution is 2.31. The summed E-state index contributed by atoms with van der Waals surface area (Å²) in [6, 6.07) is 0.495. The van der Waals surface area contributed by atoms with Gasteiger partial charge in [-0.1, -0.05) is 27.7 Å². The van der Waals surface area contributed by atoms with Gasteiger partial charge in [0.2, 0.25) is 0 Å². The highest BCUT2D eigenvalue weighted by atomic mass is 16.5. The first-order valence-electron chi connectivity index (χ1n) is 6.83. The fourth-order valence-electron chi connectivity index (χ4n) is 2.50. The molecule has 1 rings (SSSR count). The summed E-state index contributed by atoms with van der Waals surface area (Å²) in [5.41, 5.74) is 0. The number of ether oxygens (including phenoxy) is 1. The standard InChI is InChI=1S/C14H29NO/c1-10(2)14(15-5)9-16-13-7-6-11(3)12(4)8-13/h10-15H,6-9H2,1-5H3. The molecule has 0 aromatic heterocycles. The van der Waals surface area contributed by atoms with Crippen molar-refractivity contribution in [2.24, 2.45) is 17.8 Å². The summed E-state index contributed by atoms with van der Waals surface area (Å²) in [4.78, 5) is 0. The Labute approximate surface area is 101 Å². The minimum absolute atomic E-state index is 0.495. The van der Waals surface area contributed by atoms with E-state index < -0.39 is 0 Å². The molecule has 4 unspecified atom stereocenters. The van der Waals surface area contributed by atoms with Gasteiger partial charge in [-0.25, -0.2) is 0 Å². The Kier molecular flexibility index (Phi) is 5.77. The van der Waals surface area contributed by atoms with Crippen LogP contribution < -0.4 is 5.32 Å². The third kappa shape index (κ3) is 4.06. The van der Waals surface area contributed by atoms with Gasteiger partial charge in [-0.05, 0) is 44.1 Å². The van der Waals surface area contributed by atoms with Crippen LogP contribution in [0.15, 0.2) is 0 Å². The third-order valence-corrected chi connectivity index (χ3v) is 4.24. The Morgan fingerprint density at radius 1 is 1.19 bits per heavy atom. The van der Waals surface area contributed by atoms with Crippen LogP contribution >= 0.6 is 0 Å². The van der Waals surface area contributed by atoms with Crippen LogP contribution in [0.25, 0.3) is 0 Å². The zero-order valence-electron chi connectivity index (χ0n) is 11.6. The first kappa shape index (κ1) is 14.0. The second-order valence-electron chi connectivity index (χ2n) is 5.86. The molecule has 1 aliphatic carbocycles. The lowest BCUT2D eigenvalue weighted by atomic mass is 9.80. The van der Waals surface area contributed by atoms with Gasteiger partial charge in [-0.3, -0.25) is 0 Å². The molecule has 96 valence electrons. The van der Waals surface area contributed by atoms with Gasteiger partial charge in [-0.15, -0.1) is 0 Å². The van der Waals surface area contributed by atoms with E-state index >= 15 is 0 Å². The maximum absolute atomic E-state index is 6.05. The topological polar surface area (TPSA) is 21.3 Å². The largest absolute Gasteiger partial charge is 0.377 e. The number of rotatable bonds is 5. The molecule has 16 heavy (non-hydrogen) atoms. The van der Waals surface area contributed by atoms with Gasteiger partial charge < -0.3 is 10.1 Å². The number of likely N-dealkylation sites (N-methyl/N-ethyl adjacent to an activating group) is 1. The second-order valence-corrected chi connectivity index (χ2v) is 5.86. The van der Waals surface area contributed by atoms with Crippen molar-refractivity contribution in [3.05, 3.63) is 0 Å². The second kappa shape index (κ2) is 6.61. The molecule has 1 fully saturated rings. The summed E-state index contributed by atoms with van der Waals surface area (Å²) in [6.07, 6.45) is 4.33. The maximum atomic E-state index is 6.05. The minimum Gasteiger partial charge on any atom is -0.377 e. The molecule has 0 radical (unpaired) electrons. The lowest BCUT2D eigenvalue weighted by Gasteiger charge is -2.33. The van der Waals surface area contributed by atoms with Crippen molar-refractivity contribution in [1.29, 1.82) is 0 Å². The fraction of sp³-hybridized carbons (Fsp3) is 1.00. The van der Waals surface area contributed by atoms with Gasteiger partial charge in [0.15, 0.2) is 0 Å². The van der Waals surface area contributed by atoms with Crippen LogP contribution in [0, 0.1) is 17.8 Å². The van der Waals surface area contributed by atoms with Gasteiger partial charge in [0, 0.05) is 6.04 Å². The van der Waals surface area contributed by atoms with Crippen LogP contribution in [0.3, 0.4) is 0 Å². The van der Waals surface area contributed by atoms with Crippen molar-refractivity contribution in [2.45, 2.75) is 59.1 Å². The van der Waals surface area contributed by atoms with E-state index in [0.717, 1.165) is 18.4 Å². The van der Waals surface area contributed by atoms with Crippen molar-refractivity contribution in [1.82, 2.24) is 5.32 Å². The number of hydrogen-bond donors (Lipinski definition) is 1. The summed E-state index contributed by atoms with van der Waals surface area (Å²) in [5.74, 6) is 2.35. The van der Waals surface area contributed by atoms with Crippen molar-refractivity contribution < 1.29 is 4.74 Å². The summed E-state index contributed by atoms with van der Waals surface area (Å²) in [7, 11) is 2.03. The molecule has 1 saturated carbocycles. The Morgan fingerprint density at radius 2 is 1.88 bits per heavy atom. The van der Waals surface area contributed by atoms with Crippen LogP contribution in [0.4, 0.5) is 0 Å². The first-order valence-corrected chi connectivity index (χ1v) is 6.83. The van der Waals surface area contributed by atoms with E-state index in [1.54, 1.807) is 0 Å². The zero-order chi connectivity index (χ0) is 12.1. The van der Waals surface area contributed by atoms with Gasteiger partial charge in [0.1, 0.15) is 0 Å². The average molecular weight is 227 g/mol. The molecule has 0 aromatic carbocycles. The summed E-state index contributed by atoms with van der Waals surface area (Å²) >= 11 is 0. The van der Waals surface area contributed by atoms with Crippen molar-refractivity contribution in [3.63, 3.8) is 0 Å². The van der Waals surface area contributed by atoms with E-state index in [0.29, 0.717) is 18.1 Å². The smallest absolute Gasteiger partial charge is 0.0625 e. The summed E-state index contributed by atoms with van der Waals surface area (Å²) < 4.78 is 6.05. The lowest BCUT2D eigenvalue weighted by Crippen LogP contribution is -2.38. The van der Waals surface area contributed by atoms with Crippen LogP contribution in [0.1, 0.15) is 47.0 Å². The van der Waals surface area contributed by atoms with Crippen LogP contribution in [0.5, 0.6) is 0 Å². The molecule has 0 bridgehead atoms. The van der Waals surface area contributed by atoms with E-state index in [1.807, 2.05) is 7.05 Å². The van der Waals surface area contributed by atoms with E-state index in [1.165, 1.54) is 19.3 Å². The fourth-order valence-corrected chi connectivity index (χ4v) is 2.50. The number of hydrogen-bond acceptors (Lipinski definition) is 2. The summed E-state index contributed by atoms with van der Waals surface area (Å²) in [6.45, 7) is 10.1. The molecular formula is C14H29NO. The molecule has 1 N–H and O–H groups in total. The Morgan fingerprint density at radius 3 is 2.38 bits per heavy atom. The molecule has 0 saturated heterocycles. The molecule has 1 aliphatic rings. The Balaban J connectivity index is 2.27. The van der Waals surface area contributed by atoms with E-state index in [9.17, 15) is 0 Å². The Bertz CT molecular complexity index is 193. The molecule has 4 atom stereocenters. The average Bonchev–Trinajstić information content (AvgIpc) is 2.23. The highest BCUT2D eigenvalue weighted by Gasteiger charge is 2.25. The zero-order valence-corrected chi connectivity index (χ0v) is 11.6. The van der Waals surface area contributed by atoms with Crippen molar-refractivity contribution in [2.75, 3.05) is 13.7 Å². The molecular weight excluding hydrogens is 198 g/mol. The quantitative estimate of drug-likeness (QED) is 0.779. The first-order chi connectivity index (χ1) is 7.54. The number of nitrogens with one attached hydrogen (secondary N) is 1. The lowest BCUT2D eigenvalue weighted by molar-refractivity contribution is -0.0114. The van der Waals surface area contributed by atoms with Crippen LogP contribution in [-0.4, -0.2) is 25.8 Å². The molecule has 0 aliphatic heterocycles. The van der Waals surface area contributed by atoms with Crippen molar-refractivity contribution in [3.8, 4) is 0 Å². The third-order valence-electron chi connectivity index (χ3n) is 4.24. The highest BCUT2D eigenvalue weighted by molar-refractivity contribution is 4.77. The monoisotopic (exact) mass is 227 g/mol. The molecule has 0 heterocycles. The predicted molar refractivity (Wildman–Crippen MR) is 69.6 cm³/mol. The van der Waals surface area contributed by atoms with E-state index in [2.05, 4.69) is 33.0 Å². The SMILES string of the molecule is CNC(COC1CCC(C)C(C)C1)C(C)C.